The van der Waals surface area contributed by atoms with Crippen molar-refractivity contribution in [2.75, 3.05) is 12.5 Å². The molecule has 0 unspecified atom stereocenters. The highest BCUT2D eigenvalue weighted by molar-refractivity contribution is 9.10. The third-order valence-corrected chi connectivity index (χ3v) is 4.99. The largest absolute Gasteiger partial charge is 0.454 e. The Balaban J connectivity index is 1.68. The number of halogens is 1. The van der Waals surface area contributed by atoms with Crippen LogP contribution in [-0.4, -0.2) is 26.7 Å². The Hall–Kier alpha value is -3.07. The van der Waals surface area contributed by atoms with Crippen LogP contribution in [0.2, 0.25) is 0 Å². The van der Waals surface area contributed by atoms with Crippen molar-refractivity contribution < 1.29 is 14.1 Å². The van der Waals surface area contributed by atoms with Gasteiger partial charge in [-0.25, -0.2) is 9.61 Å². The first-order valence-electron chi connectivity index (χ1n) is 7.82. The van der Waals surface area contributed by atoms with Crippen molar-refractivity contribution in [1.29, 1.82) is 0 Å². The highest BCUT2D eigenvalue weighted by Crippen LogP contribution is 2.38. The van der Waals surface area contributed by atoms with Crippen LogP contribution in [-0.2, 0) is 6.54 Å². The fraction of sp³-hybridized carbons (Fsp3) is 0.118. The first-order chi connectivity index (χ1) is 12.7. The molecule has 3 heterocycles. The van der Waals surface area contributed by atoms with Crippen molar-refractivity contribution in [2.45, 2.75) is 6.54 Å². The molecule has 8 nitrogen and oxygen atoms in total. The van der Waals surface area contributed by atoms with Gasteiger partial charge in [0, 0.05) is 4.47 Å². The fourth-order valence-corrected chi connectivity index (χ4v) is 3.47. The standard InChI is InChI=1S/C17H12BrN5O3/c18-10-6-14-13(24-8-25-14)5-9(10)7-23-12-4-2-1-3-11(12)20-17(23)15-16(19)22-26-21-15/h1-6H,7-8H2,(H2,19,22). The maximum atomic E-state index is 5.89. The van der Waals surface area contributed by atoms with Gasteiger partial charge in [0.05, 0.1) is 17.6 Å². The number of hydrogen-bond donors (Lipinski definition) is 1. The number of ether oxygens (including phenoxy) is 2. The third-order valence-electron chi connectivity index (χ3n) is 4.25. The number of nitrogens with two attached hydrogens (primary N) is 1. The number of hydrogen-bond acceptors (Lipinski definition) is 7. The van der Waals surface area contributed by atoms with Crippen molar-refractivity contribution >= 4 is 32.8 Å². The zero-order chi connectivity index (χ0) is 17.7. The molecule has 0 amide bonds. The smallest absolute Gasteiger partial charge is 0.231 e. The van der Waals surface area contributed by atoms with Gasteiger partial charge in [0.1, 0.15) is 0 Å². The molecule has 26 heavy (non-hydrogen) atoms. The normalized spacial score (nSPS) is 12.8. The van der Waals surface area contributed by atoms with Gasteiger partial charge in [0.15, 0.2) is 28.8 Å². The Kier molecular flexibility index (Phi) is 3.35. The monoisotopic (exact) mass is 413 g/mol. The summed E-state index contributed by atoms with van der Waals surface area (Å²) in [5.41, 5.74) is 9.10. The van der Waals surface area contributed by atoms with E-state index in [1.165, 1.54) is 0 Å². The summed E-state index contributed by atoms with van der Waals surface area (Å²) in [6, 6.07) is 11.7. The van der Waals surface area contributed by atoms with Gasteiger partial charge >= 0.3 is 0 Å². The van der Waals surface area contributed by atoms with Gasteiger partial charge in [0.2, 0.25) is 6.79 Å². The van der Waals surface area contributed by atoms with E-state index in [0.29, 0.717) is 18.1 Å². The molecular formula is C17H12BrN5O3. The first-order valence-corrected chi connectivity index (χ1v) is 8.61. The Bertz CT molecular complexity index is 1140. The summed E-state index contributed by atoms with van der Waals surface area (Å²) in [6.45, 7) is 0.755. The maximum Gasteiger partial charge on any atom is 0.231 e. The zero-order valence-electron chi connectivity index (χ0n) is 13.3. The lowest BCUT2D eigenvalue weighted by atomic mass is 10.2. The molecule has 0 saturated carbocycles. The number of benzene rings is 2. The molecule has 4 aromatic rings. The zero-order valence-corrected chi connectivity index (χ0v) is 14.9. The number of para-hydroxylation sites is 2. The number of nitrogens with zero attached hydrogens (tertiary/aromatic N) is 4. The summed E-state index contributed by atoms with van der Waals surface area (Å²) < 4.78 is 18.6. The van der Waals surface area contributed by atoms with Gasteiger partial charge in [-0.1, -0.05) is 28.1 Å². The quantitative estimate of drug-likeness (QED) is 0.549. The minimum Gasteiger partial charge on any atom is -0.454 e. The molecule has 130 valence electrons. The molecule has 0 aliphatic carbocycles. The van der Waals surface area contributed by atoms with Crippen molar-refractivity contribution in [3.8, 4) is 23.0 Å². The van der Waals surface area contributed by atoms with Gasteiger partial charge in [-0.3, -0.25) is 0 Å². The molecule has 1 aliphatic heterocycles. The van der Waals surface area contributed by atoms with Crippen LogP contribution in [0.25, 0.3) is 22.6 Å². The number of imidazole rings is 1. The number of fused-ring (bicyclic) bond motifs is 2. The van der Waals surface area contributed by atoms with E-state index in [2.05, 4.69) is 31.2 Å². The lowest BCUT2D eigenvalue weighted by Crippen LogP contribution is -2.04. The minimum absolute atomic E-state index is 0.200. The summed E-state index contributed by atoms with van der Waals surface area (Å²) in [7, 11) is 0. The molecule has 9 heteroatoms. The van der Waals surface area contributed by atoms with E-state index in [4.69, 9.17) is 19.8 Å². The molecule has 5 rings (SSSR count). The molecule has 2 N–H and O–H groups in total. The number of anilines is 1. The van der Waals surface area contributed by atoms with Crippen LogP contribution in [0.1, 0.15) is 5.56 Å². The average molecular weight is 414 g/mol. The molecule has 2 aromatic carbocycles. The Labute approximate surface area is 155 Å². The molecule has 0 radical (unpaired) electrons. The molecule has 0 bridgehead atoms. The Morgan fingerprint density at radius 2 is 1.92 bits per heavy atom. The van der Waals surface area contributed by atoms with Crippen molar-refractivity contribution in [3.63, 3.8) is 0 Å². The van der Waals surface area contributed by atoms with Crippen LogP contribution in [0.15, 0.2) is 45.5 Å². The van der Waals surface area contributed by atoms with Gasteiger partial charge in [0.25, 0.3) is 0 Å². The number of rotatable bonds is 3. The van der Waals surface area contributed by atoms with Gasteiger partial charge in [-0.2, -0.15) is 0 Å². The van der Waals surface area contributed by atoms with E-state index in [1.807, 2.05) is 41.0 Å². The molecule has 2 aromatic heterocycles. The summed E-state index contributed by atoms with van der Waals surface area (Å²) >= 11 is 3.61. The predicted molar refractivity (Wildman–Crippen MR) is 96.8 cm³/mol. The SMILES string of the molecule is Nc1nonc1-c1nc2ccccc2n1Cc1cc2c(cc1Br)OCO2. The van der Waals surface area contributed by atoms with E-state index in [1.54, 1.807) is 0 Å². The van der Waals surface area contributed by atoms with Crippen LogP contribution in [0.3, 0.4) is 0 Å². The van der Waals surface area contributed by atoms with E-state index < -0.39 is 0 Å². The lowest BCUT2D eigenvalue weighted by molar-refractivity contribution is 0.174. The molecule has 1 aliphatic rings. The van der Waals surface area contributed by atoms with Gasteiger partial charge in [-0.15, -0.1) is 0 Å². The Morgan fingerprint density at radius 3 is 2.73 bits per heavy atom. The highest BCUT2D eigenvalue weighted by Gasteiger charge is 2.21. The van der Waals surface area contributed by atoms with Crippen molar-refractivity contribution in [1.82, 2.24) is 19.9 Å². The number of nitrogen functional groups attached to an aromatic ring is 1. The van der Waals surface area contributed by atoms with E-state index >= 15 is 0 Å². The number of aromatic nitrogens is 4. The Morgan fingerprint density at radius 1 is 1.12 bits per heavy atom. The van der Waals surface area contributed by atoms with E-state index in [9.17, 15) is 0 Å². The van der Waals surface area contributed by atoms with Crippen molar-refractivity contribution in [3.05, 3.63) is 46.4 Å². The van der Waals surface area contributed by atoms with Crippen LogP contribution in [0.5, 0.6) is 11.5 Å². The van der Waals surface area contributed by atoms with E-state index in [0.717, 1.165) is 32.6 Å². The summed E-state index contributed by atoms with van der Waals surface area (Å²) in [5, 5.41) is 7.58. The van der Waals surface area contributed by atoms with Crippen LogP contribution in [0, 0.1) is 0 Å². The fourth-order valence-electron chi connectivity index (χ4n) is 3.02. The molecule has 0 spiro atoms. The predicted octanol–water partition coefficient (Wildman–Crippen LogP) is 3.21. The molecule has 0 fully saturated rings. The van der Waals surface area contributed by atoms with E-state index in [-0.39, 0.29) is 12.6 Å². The van der Waals surface area contributed by atoms with Crippen LogP contribution < -0.4 is 15.2 Å². The first kappa shape index (κ1) is 15.2. The summed E-state index contributed by atoms with van der Waals surface area (Å²) in [6.07, 6.45) is 0. The van der Waals surface area contributed by atoms with Gasteiger partial charge in [-0.05, 0) is 40.1 Å². The minimum atomic E-state index is 0.200. The van der Waals surface area contributed by atoms with Crippen LogP contribution >= 0.6 is 15.9 Å². The van der Waals surface area contributed by atoms with Crippen molar-refractivity contribution in [2.24, 2.45) is 0 Å². The second kappa shape index (κ2) is 5.73. The third kappa shape index (κ3) is 2.31. The van der Waals surface area contributed by atoms with Gasteiger partial charge < -0.3 is 19.8 Å². The lowest BCUT2D eigenvalue weighted by Gasteiger charge is -2.11. The second-order valence-corrected chi connectivity index (χ2v) is 6.66. The second-order valence-electron chi connectivity index (χ2n) is 5.81. The maximum absolute atomic E-state index is 5.89. The summed E-state index contributed by atoms with van der Waals surface area (Å²) in [4.78, 5) is 4.66. The molecular weight excluding hydrogens is 402 g/mol. The molecule has 0 saturated heterocycles. The topological polar surface area (TPSA) is 101 Å². The molecule has 0 atom stereocenters. The average Bonchev–Trinajstić information content (AvgIpc) is 3.34. The van der Waals surface area contributed by atoms with Crippen LogP contribution in [0.4, 0.5) is 5.82 Å². The summed E-state index contributed by atoms with van der Waals surface area (Å²) in [5.74, 6) is 2.24. The highest BCUT2D eigenvalue weighted by atomic mass is 79.9.